The average Bonchev–Trinajstić information content (AvgIpc) is 2.94. The second-order valence-corrected chi connectivity index (χ2v) is 4.88. The maximum Gasteiger partial charge on any atom is 0.203 e. The van der Waals surface area contributed by atoms with Crippen molar-refractivity contribution in [3.63, 3.8) is 0 Å². The summed E-state index contributed by atoms with van der Waals surface area (Å²) in [5.41, 5.74) is 1.07. The van der Waals surface area contributed by atoms with Gasteiger partial charge < -0.3 is 14.5 Å². The van der Waals surface area contributed by atoms with Gasteiger partial charge in [-0.2, -0.15) is 0 Å². The molecule has 0 saturated heterocycles. The molecule has 2 aromatic heterocycles. The van der Waals surface area contributed by atoms with Gasteiger partial charge in [-0.05, 0) is 13.3 Å². The zero-order chi connectivity index (χ0) is 13.7. The van der Waals surface area contributed by atoms with Crippen LogP contribution in [-0.4, -0.2) is 25.6 Å². The van der Waals surface area contributed by atoms with Gasteiger partial charge >= 0.3 is 0 Å². The normalized spacial score (nSPS) is 10.9. The molecule has 104 valence electrons. The quantitative estimate of drug-likeness (QED) is 0.832. The van der Waals surface area contributed by atoms with E-state index >= 15 is 0 Å². The minimum absolute atomic E-state index is 0.855. The molecule has 2 rings (SSSR count). The zero-order valence-corrected chi connectivity index (χ0v) is 12.1. The standard InChI is InChI=1S/C14H23N5/c1-4-5-9-19-11-12(2)17-14(19)16-7-6-13-15-8-10-18(13)3/h8,10-11H,4-7,9H2,1-3H3,(H,16,17). The van der Waals surface area contributed by atoms with E-state index in [0.717, 1.165) is 37.0 Å². The highest BCUT2D eigenvalue weighted by Gasteiger charge is 2.05. The fourth-order valence-corrected chi connectivity index (χ4v) is 2.11. The van der Waals surface area contributed by atoms with Crippen LogP contribution >= 0.6 is 0 Å². The number of rotatable bonds is 7. The highest BCUT2D eigenvalue weighted by Crippen LogP contribution is 2.10. The van der Waals surface area contributed by atoms with E-state index in [0.29, 0.717) is 0 Å². The molecule has 0 radical (unpaired) electrons. The van der Waals surface area contributed by atoms with Gasteiger partial charge in [0.15, 0.2) is 0 Å². The Hall–Kier alpha value is -1.78. The molecule has 0 atom stereocenters. The Morgan fingerprint density at radius 1 is 1.37 bits per heavy atom. The molecule has 2 aromatic rings. The van der Waals surface area contributed by atoms with Crippen molar-refractivity contribution >= 4 is 5.95 Å². The van der Waals surface area contributed by atoms with Gasteiger partial charge in [0.2, 0.25) is 5.95 Å². The highest BCUT2D eigenvalue weighted by molar-refractivity contribution is 5.28. The number of nitrogens with zero attached hydrogens (tertiary/aromatic N) is 4. The molecule has 0 fully saturated rings. The summed E-state index contributed by atoms with van der Waals surface area (Å²) in [7, 11) is 2.02. The van der Waals surface area contributed by atoms with Crippen LogP contribution in [0, 0.1) is 6.92 Å². The Labute approximate surface area is 114 Å². The van der Waals surface area contributed by atoms with E-state index in [2.05, 4.69) is 37.5 Å². The molecule has 2 heterocycles. The summed E-state index contributed by atoms with van der Waals surface area (Å²) in [4.78, 5) is 8.85. The van der Waals surface area contributed by atoms with Crippen LogP contribution in [0.3, 0.4) is 0 Å². The van der Waals surface area contributed by atoms with E-state index in [1.807, 2.05) is 26.4 Å². The second kappa shape index (κ2) is 6.41. The number of nitrogens with one attached hydrogen (secondary N) is 1. The first-order valence-electron chi connectivity index (χ1n) is 6.94. The number of aryl methyl sites for hydroxylation is 3. The Morgan fingerprint density at radius 3 is 2.89 bits per heavy atom. The molecule has 5 nitrogen and oxygen atoms in total. The monoisotopic (exact) mass is 261 g/mol. The van der Waals surface area contributed by atoms with Crippen LogP contribution in [0.25, 0.3) is 0 Å². The van der Waals surface area contributed by atoms with Crippen molar-refractivity contribution in [2.24, 2.45) is 7.05 Å². The van der Waals surface area contributed by atoms with Gasteiger partial charge in [0, 0.05) is 45.1 Å². The summed E-state index contributed by atoms with van der Waals surface area (Å²) in [5.74, 6) is 2.07. The summed E-state index contributed by atoms with van der Waals surface area (Å²) in [6.07, 6.45) is 9.21. The molecule has 0 unspecified atom stereocenters. The van der Waals surface area contributed by atoms with Crippen molar-refractivity contribution in [3.05, 3.63) is 30.1 Å². The van der Waals surface area contributed by atoms with E-state index in [1.54, 1.807) is 0 Å². The van der Waals surface area contributed by atoms with E-state index in [-0.39, 0.29) is 0 Å². The number of imidazole rings is 2. The molecule has 5 heteroatoms. The largest absolute Gasteiger partial charge is 0.355 e. The summed E-state index contributed by atoms with van der Waals surface area (Å²) in [5, 5.41) is 3.41. The minimum atomic E-state index is 0.855. The lowest BCUT2D eigenvalue weighted by atomic mass is 10.3. The van der Waals surface area contributed by atoms with Crippen molar-refractivity contribution in [2.45, 2.75) is 39.7 Å². The molecular weight excluding hydrogens is 238 g/mol. The maximum absolute atomic E-state index is 4.53. The predicted octanol–water partition coefficient (Wildman–Crippen LogP) is 2.38. The van der Waals surface area contributed by atoms with Crippen LogP contribution in [0.4, 0.5) is 5.95 Å². The fraction of sp³-hybridized carbons (Fsp3) is 0.571. The van der Waals surface area contributed by atoms with Crippen molar-refractivity contribution in [3.8, 4) is 0 Å². The lowest BCUT2D eigenvalue weighted by molar-refractivity contribution is 0.634. The first-order valence-corrected chi connectivity index (χ1v) is 6.94. The number of anilines is 1. The van der Waals surface area contributed by atoms with Gasteiger partial charge in [0.25, 0.3) is 0 Å². The third-order valence-electron chi connectivity index (χ3n) is 3.20. The zero-order valence-electron chi connectivity index (χ0n) is 12.1. The third kappa shape index (κ3) is 3.59. The van der Waals surface area contributed by atoms with Crippen LogP contribution < -0.4 is 5.32 Å². The van der Waals surface area contributed by atoms with Crippen LogP contribution in [0.15, 0.2) is 18.6 Å². The minimum Gasteiger partial charge on any atom is -0.355 e. The Morgan fingerprint density at radius 2 is 2.21 bits per heavy atom. The second-order valence-electron chi connectivity index (χ2n) is 4.88. The number of aromatic nitrogens is 4. The van der Waals surface area contributed by atoms with Crippen molar-refractivity contribution < 1.29 is 0 Å². The van der Waals surface area contributed by atoms with Gasteiger partial charge in [0.1, 0.15) is 5.82 Å². The van der Waals surface area contributed by atoms with E-state index < -0.39 is 0 Å². The van der Waals surface area contributed by atoms with Crippen LogP contribution in [0.1, 0.15) is 31.3 Å². The molecule has 1 N–H and O–H groups in total. The van der Waals surface area contributed by atoms with E-state index in [1.165, 1.54) is 12.8 Å². The SMILES string of the molecule is CCCCn1cc(C)nc1NCCc1nccn1C. The fourth-order valence-electron chi connectivity index (χ4n) is 2.11. The van der Waals surface area contributed by atoms with Gasteiger partial charge in [-0.15, -0.1) is 0 Å². The topological polar surface area (TPSA) is 47.7 Å². The van der Waals surface area contributed by atoms with Crippen molar-refractivity contribution in [1.82, 2.24) is 19.1 Å². The predicted molar refractivity (Wildman–Crippen MR) is 77.3 cm³/mol. The van der Waals surface area contributed by atoms with Crippen LogP contribution in [0.2, 0.25) is 0 Å². The van der Waals surface area contributed by atoms with Crippen molar-refractivity contribution in [2.75, 3.05) is 11.9 Å². The molecule has 0 aliphatic rings. The first-order chi connectivity index (χ1) is 9.20. The van der Waals surface area contributed by atoms with Crippen molar-refractivity contribution in [1.29, 1.82) is 0 Å². The molecule has 0 spiro atoms. The Kier molecular flexibility index (Phi) is 4.60. The van der Waals surface area contributed by atoms with E-state index in [9.17, 15) is 0 Å². The highest BCUT2D eigenvalue weighted by atomic mass is 15.2. The Balaban J connectivity index is 1.90. The van der Waals surface area contributed by atoms with Gasteiger partial charge in [0.05, 0.1) is 5.69 Å². The molecule has 0 saturated carbocycles. The summed E-state index contributed by atoms with van der Waals surface area (Å²) >= 11 is 0. The lowest BCUT2D eigenvalue weighted by Gasteiger charge is -2.09. The summed E-state index contributed by atoms with van der Waals surface area (Å²) in [6.45, 7) is 6.12. The molecular formula is C14H23N5. The number of unbranched alkanes of at least 4 members (excludes halogenated alkanes) is 1. The first kappa shape index (κ1) is 13.6. The van der Waals surface area contributed by atoms with Gasteiger partial charge in [-0.25, -0.2) is 9.97 Å². The molecule has 0 aliphatic carbocycles. The molecule has 19 heavy (non-hydrogen) atoms. The van der Waals surface area contributed by atoms with Crippen LogP contribution in [-0.2, 0) is 20.0 Å². The summed E-state index contributed by atoms with van der Waals surface area (Å²) < 4.78 is 4.26. The third-order valence-corrected chi connectivity index (χ3v) is 3.20. The maximum atomic E-state index is 4.53. The average molecular weight is 261 g/mol. The van der Waals surface area contributed by atoms with Gasteiger partial charge in [-0.1, -0.05) is 13.3 Å². The molecule has 0 aliphatic heterocycles. The van der Waals surface area contributed by atoms with E-state index in [4.69, 9.17) is 0 Å². The lowest BCUT2D eigenvalue weighted by Crippen LogP contribution is -2.12. The van der Waals surface area contributed by atoms with Crippen LogP contribution in [0.5, 0.6) is 0 Å². The number of hydrogen-bond acceptors (Lipinski definition) is 3. The molecule has 0 aromatic carbocycles. The van der Waals surface area contributed by atoms with Gasteiger partial charge in [-0.3, -0.25) is 0 Å². The summed E-state index contributed by atoms with van der Waals surface area (Å²) in [6, 6.07) is 0. The molecule has 0 amide bonds. The Bertz CT molecular complexity index is 512. The smallest absolute Gasteiger partial charge is 0.203 e. The molecule has 0 bridgehead atoms. The number of hydrogen-bond donors (Lipinski definition) is 1.